The van der Waals surface area contributed by atoms with E-state index in [2.05, 4.69) is 15.2 Å². The van der Waals surface area contributed by atoms with Gasteiger partial charge < -0.3 is 4.74 Å². The van der Waals surface area contributed by atoms with Crippen molar-refractivity contribution in [2.75, 3.05) is 0 Å². The van der Waals surface area contributed by atoms with Crippen LogP contribution in [0.4, 0.5) is 0 Å². The van der Waals surface area contributed by atoms with Crippen molar-refractivity contribution >= 4 is 0 Å². The highest BCUT2D eigenvalue weighted by Gasteiger charge is 2.10. The highest BCUT2D eigenvalue weighted by Crippen LogP contribution is 2.27. The van der Waals surface area contributed by atoms with E-state index in [0.717, 1.165) is 5.56 Å². The molecule has 2 aromatic heterocycles. The number of pyridine rings is 1. The van der Waals surface area contributed by atoms with Crippen LogP contribution in [0.5, 0.6) is 11.5 Å². The molecule has 0 atom stereocenters. The lowest BCUT2D eigenvalue weighted by Gasteiger charge is -2.13. The number of hydrogen-bond donors (Lipinski definition) is 1. The Bertz CT molecular complexity index is 1040. The van der Waals surface area contributed by atoms with Crippen LogP contribution in [0.25, 0.3) is 17.1 Å². The first kappa shape index (κ1) is 14.9. The Morgan fingerprint density at radius 1 is 0.920 bits per heavy atom. The van der Waals surface area contributed by atoms with Crippen LogP contribution in [0.1, 0.15) is 0 Å². The topological polar surface area (TPSA) is 72.8 Å². The zero-order valence-corrected chi connectivity index (χ0v) is 13.2. The monoisotopic (exact) mass is 330 g/mol. The SMILES string of the molecule is O=c1ccc(-c2ncn[nH]2)cn1-c1ccccc1Oc1ccccc1. The summed E-state index contributed by atoms with van der Waals surface area (Å²) in [6.45, 7) is 0. The smallest absolute Gasteiger partial charge is 0.255 e. The van der Waals surface area contributed by atoms with Gasteiger partial charge in [0.05, 0.1) is 5.69 Å². The average molecular weight is 330 g/mol. The quantitative estimate of drug-likeness (QED) is 0.622. The number of benzene rings is 2. The second kappa shape index (κ2) is 6.45. The Hall–Kier alpha value is -3.67. The number of nitrogens with zero attached hydrogens (tertiary/aromatic N) is 3. The van der Waals surface area contributed by atoms with Crippen LogP contribution in [-0.2, 0) is 0 Å². The Balaban J connectivity index is 1.80. The van der Waals surface area contributed by atoms with E-state index in [0.29, 0.717) is 23.0 Å². The zero-order chi connectivity index (χ0) is 17.1. The molecule has 0 unspecified atom stereocenters. The molecule has 6 nitrogen and oxygen atoms in total. The molecular weight excluding hydrogens is 316 g/mol. The van der Waals surface area contributed by atoms with Gasteiger partial charge in [-0.2, -0.15) is 5.10 Å². The van der Waals surface area contributed by atoms with Gasteiger partial charge in [0.1, 0.15) is 12.1 Å². The van der Waals surface area contributed by atoms with Crippen LogP contribution in [0, 0.1) is 0 Å². The van der Waals surface area contributed by atoms with Crippen LogP contribution in [0.3, 0.4) is 0 Å². The molecule has 0 aliphatic rings. The maximum atomic E-state index is 12.4. The summed E-state index contributed by atoms with van der Waals surface area (Å²) in [6.07, 6.45) is 3.15. The van der Waals surface area contributed by atoms with Gasteiger partial charge in [0, 0.05) is 17.8 Å². The molecule has 25 heavy (non-hydrogen) atoms. The lowest BCUT2D eigenvalue weighted by Crippen LogP contribution is -2.17. The number of rotatable bonds is 4. The van der Waals surface area contributed by atoms with E-state index in [-0.39, 0.29) is 5.56 Å². The van der Waals surface area contributed by atoms with E-state index in [4.69, 9.17) is 4.74 Å². The summed E-state index contributed by atoms with van der Waals surface area (Å²) >= 11 is 0. The summed E-state index contributed by atoms with van der Waals surface area (Å²) in [7, 11) is 0. The third-order valence-electron chi connectivity index (χ3n) is 3.70. The van der Waals surface area contributed by atoms with Gasteiger partial charge in [-0.1, -0.05) is 30.3 Å². The fourth-order valence-corrected chi connectivity index (χ4v) is 2.52. The molecule has 6 heteroatoms. The second-order valence-electron chi connectivity index (χ2n) is 5.34. The van der Waals surface area contributed by atoms with Gasteiger partial charge in [-0.25, -0.2) is 4.98 Å². The number of nitrogens with one attached hydrogen (secondary N) is 1. The van der Waals surface area contributed by atoms with Crippen molar-refractivity contribution in [3.8, 4) is 28.6 Å². The molecule has 0 fully saturated rings. The maximum Gasteiger partial charge on any atom is 0.255 e. The molecule has 0 saturated heterocycles. The lowest BCUT2D eigenvalue weighted by molar-refractivity contribution is 0.479. The van der Waals surface area contributed by atoms with Gasteiger partial charge >= 0.3 is 0 Å². The van der Waals surface area contributed by atoms with E-state index in [1.807, 2.05) is 54.6 Å². The molecule has 4 aromatic rings. The van der Waals surface area contributed by atoms with E-state index in [1.54, 1.807) is 12.3 Å². The number of aromatic amines is 1. The number of para-hydroxylation sites is 3. The van der Waals surface area contributed by atoms with Crippen molar-refractivity contribution < 1.29 is 4.74 Å². The largest absolute Gasteiger partial charge is 0.455 e. The van der Waals surface area contributed by atoms with Gasteiger partial charge in [0.25, 0.3) is 5.56 Å². The first-order chi connectivity index (χ1) is 12.3. The number of H-pyrrole nitrogens is 1. The maximum absolute atomic E-state index is 12.4. The molecule has 0 spiro atoms. The lowest BCUT2D eigenvalue weighted by atomic mass is 10.2. The van der Waals surface area contributed by atoms with Crippen LogP contribution in [0.2, 0.25) is 0 Å². The molecule has 2 aromatic carbocycles. The average Bonchev–Trinajstić information content (AvgIpc) is 3.18. The highest BCUT2D eigenvalue weighted by atomic mass is 16.5. The predicted molar refractivity (Wildman–Crippen MR) is 93.9 cm³/mol. The van der Waals surface area contributed by atoms with Crippen molar-refractivity contribution in [2.45, 2.75) is 0 Å². The zero-order valence-electron chi connectivity index (χ0n) is 13.2. The number of ether oxygens (including phenoxy) is 1. The van der Waals surface area contributed by atoms with Crippen molar-refractivity contribution in [2.24, 2.45) is 0 Å². The first-order valence-electron chi connectivity index (χ1n) is 7.72. The van der Waals surface area contributed by atoms with Crippen molar-refractivity contribution in [3.63, 3.8) is 0 Å². The molecule has 2 heterocycles. The molecule has 4 rings (SSSR count). The predicted octanol–water partition coefficient (Wildman–Crippen LogP) is 3.41. The minimum Gasteiger partial charge on any atom is -0.455 e. The van der Waals surface area contributed by atoms with Gasteiger partial charge in [-0.05, 0) is 30.3 Å². The molecule has 0 aliphatic carbocycles. The number of aromatic nitrogens is 4. The minimum absolute atomic E-state index is 0.160. The third kappa shape index (κ3) is 3.05. The molecule has 0 amide bonds. The van der Waals surface area contributed by atoms with Crippen molar-refractivity contribution in [1.29, 1.82) is 0 Å². The van der Waals surface area contributed by atoms with E-state index < -0.39 is 0 Å². The van der Waals surface area contributed by atoms with Crippen LogP contribution in [0.15, 0.2) is 84.0 Å². The Labute approximate surface area is 143 Å². The van der Waals surface area contributed by atoms with Crippen molar-refractivity contribution in [1.82, 2.24) is 19.7 Å². The summed E-state index contributed by atoms with van der Waals surface area (Å²) in [5, 5.41) is 6.65. The van der Waals surface area contributed by atoms with Gasteiger partial charge in [-0.3, -0.25) is 14.5 Å². The third-order valence-corrected chi connectivity index (χ3v) is 3.70. The highest BCUT2D eigenvalue weighted by molar-refractivity contribution is 5.56. The fourth-order valence-electron chi connectivity index (χ4n) is 2.52. The van der Waals surface area contributed by atoms with Crippen LogP contribution in [-0.4, -0.2) is 19.7 Å². The second-order valence-corrected chi connectivity index (χ2v) is 5.34. The van der Waals surface area contributed by atoms with Gasteiger partial charge in [-0.15, -0.1) is 0 Å². The van der Waals surface area contributed by atoms with E-state index >= 15 is 0 Å². The van der Waals surface area contributed by atoms with Crippen LogP contribution < -0.4 is 10.3 Å². The van der Waals surface area contributed by atoms with Gasteiger partial charge in [0.2, 0.25) is 0 Å². The molecule has 0 aliphatic heterocycles. The Morgan fingerprint density at radius 3 is 2.52 bits per heavy atom. The molecule has 0 radical (unpaired) electrons. The molecular formula is C19H14N4O2. The number of hydrogen-bond acceptors (Lipinski definition) is 4. The summed E-state index contributed by atoms with van der Waals surface area (Å²) < 4.78 is 7.49. The van der Waals surface area contributed by atoms with Crippen molar-refractivity contribution in [3.05, 3.63) is 89.6 Å². The molecule has 0 bridgehead atoms. The first-order valence-corrected chi connectivity index (χ1v) is 7.72. The summed E-state index contributed by atoms with van der Waals surface area (Å²) in [5.74, 6) is 1.88. The normalized spacial score (nSPS) is 10.6. The van der Waals surface area contributed by atoms with E-state index in [1.165, 1.54) is 17.0 Å². The molecule has 1 N–H and O–H groups in total. The van der Waals surface area contributed by atoms with Crippen LogP contribution >= 0.6 is 0 Å². The molecule has 0 saturated carbocycles. The Morgan fingerprint density at radius 2 is 1.72 bits per heavy atom. The standard InChI is InChI=1S/C19H14N4O2/c24-18-11-10-14(19-20-13-21-22-19)12-23(18)16-8-4-5-9-17(16)25-15-6-2-1-3-7-15/h1-13H,(H,20,21,22). The summed E-state index contributed by atoms with van der Waals surface area (Å²) in [6, 6.07) is 20.0. The summed E-state index contributed by atoms with van der Waals surface area (Å²) in [4.78, 5) is 16.5. The summed E-state index contributed by atoms with van der Waals surface area (Å²) in [5.41, 5.74) is 1.25. The minimum atomic E-state index is -0.160. The van der Waals surface area contributed by atoms with E-state index in [9.17, 15) is 4.79 Å². The molecule has 122 valence electrons. The Kier molecular flexibility index (Phi) is 3.84. The van der Waals surface area contributed by atoms with Gasteiger partial charge in [0.15, 0.2) is 11.6 Å². The fraction of sp³-hybridized carbons (Fsp3) is 0.